The Morgan fingerprint density at radius 1 is 1.08 bits per heavy atom. The summed E-state index contributed by atoms with van der Waals surface area (Å²) < 4.78 is 13.0. The van der Waals surface area contributed by atoms with Crippen LogP contribution in [-0.2, 0) is 4.79 Å². The molecular formula is C19H28FN3O. The number of anilines is 1. The highest BCUT2D eigenvalue weighted by atomic mass is 19.1. The van der Waals surface area contributed by atoms with Gasteiger partial charge in [-0.3, -0.25) is 9.69 Å². The molecule has 2 aliphatic rings. The molecule has 1 heterocycles. The van der Waals surface area contributed by atoms with Crippen LogP contribution >= 0.6 is 0 Å². The van der Waals surface area contributed by atoms with Gasteiger partial charge >= 0.3 is 0 Å². The number of hydrogen-bond acceptors (Lipinski definition) is 3. The molecule has 0 spiro atoms. The molecule has 1 saturated carbocycles. The Labute approximate surface area is 144 Å². The molecule has 3 rings (SSSR count). The minimum Gasteiger partial charge on any atom is -0.369 e. The van der Waals surface area contributed by atoms with E-state index < -0.39 is 0 Å². The van der Waals surface area contributed by atoms with Crippen molar-refractivity contribution in [1.29, 1.82) is 0 Å². The van der Waals surface area contributed by atoms with Crippen LogP contribution in [0.3, 0.4) is 0 Å². The molecule has 24 heavy (non-hydrogen) atoms. The van der Waals surface area contributed by atoms with Crippen LogP contribution in [0.4, 0.5) is 10.1 Å². The van der Waals surface area contributed by atoms with Crippen LogP contribution in [0.15, 0.2) is 24.3 Å². The maximum atomic E-state index is 13.0. The van der Waals surface area contributed by atoms with Gasteiger partial charge < -0.3 is 9.80 Å². The van der Waals surface area contributed by atoms with Gasteiger partial charge in [-0.25, -0.2) is 4.39 Å². The van der Waals surface area contributed by atoms with Crippen molar-refractivity contribution in [3.05, 3.63) is 30.1 Å². The van der Waals surface area contributed by atoms with Crippen molar-refractivity contribution >= 4 is 11.6 Å². The Bertz CT molecular complexity index is 534. The number of amides is 1. The number of hydrogen-bond donors (Lipinski definition) is 0. The van der Waals surface area contributed by atoms with Crippen LogP contribution in [0.25, 0.3) is 0 Å². The smallest absolute Gasteiger partial charge is 0.236 e. The summed E-state index contributed by atoms with van der Waals surface area (Å²) in [6.45, 7) is 4.03. The lowest BCUT2D eigenvalue weighted by Crippen LogP contribution is -2.51. The lowest BCUT2D eigenvalue weighted by atomic mass is 9.94. The minimum atomic E-state index is -0.200. The third kappa shape index (κ3) is 4.26. The third-order valence-corrected chi connectivity index (χ3v) is 5.44. The van der Waals surface area contributed by atoms with Gasteiger partial charge in [-0.15, -0.1) is 0 Å². The lowest BCUT2D eigenvalue weighted by molar-refractivity contribution is -0.133. The van der Waals surface area contributed by atoms with Gasteiger partial charge in [0.1, 0.15) is 5.82 Å². The molecule has 0 atom stereocenters. The van der Waals surface area contributed by atoms with Gasteiger partial charge in [-0.05, 0) is 37.1 Å². The summed E-state index contributed by atoms with van der Waals surface area (Å²) in [4.78, 5) is 19.0. The number of carbonyl (C=O) groups excluding carboxylic acids is 1. The second kappa shape index (κ2) is 7.97. The summed E-state index contributed by atoms with van der Waals surface area (Å²) in [5.41, 5.74) is 1.06. The van der Waals surface area contributed by atoms with E-state index in [4.69, 9.17) is 0 Å². The quantitative estimate of drug-likeness (QED) is 0.848. The van der Waals surface area contributed by atoms with Crippen molar-refractivity contribution in [2.24, 2.45) is 0 Å². The molecule has 1 aliphatic heterocycles. The molecule has 0 radical (unpaired) electrons. The molecule has 1 aliphatic carbocycles. The molecule has 5 heteroatoms. The number of benzene rings is 1. The molecule has 4 nitrogen and oxygen atoms in total. The number of carbonyl (C=O) groups is 1. The van der Waals surface area contributed by atoms with Crippen molar-refractivity contribution in [3.63, 3.8) is 0 Å². The van der Waals surface area contributed by atoms with E-state index in [2.05, 4.69) is 9.80 Å². The zero-order valence-electron chi connectivity index (χ0n) is 14.6. The number of rotatable bonds is 4. The van der Waals surface area contributed by atoms with E-state index in [1.165, 1.54) is 31.4 Å². The topological polar surface area (TPSA) is 26.8 Å². The Kier molecular flexibility index (Phi) is 5.72. The molecule has 0 N–H and O–H groups in total. The van der Waals surface area contributed by atoms with E-state index >= 15 is 0 Å². The predicted octanol–water partition coefficient (Wildman–Crippen LogP) is 2.74. The molecule has 0 unspecified atom stereocenters. The van der Waals surface area contributed by atoms with Gasteiger partial charge in [0.2, 0.25) is 5.91 Å². The Morgan fingerprint density at radius 2 is 1.71 bits per heavy atom. The van der Waals surface area contributed by atoms with Crippen molar-refractivity contribution in [2.75, 3.05) is 44.7 Å². The monoisotopic (exact) mass is 333 g/mol. The number of piperazine rings is 1. The van der Waals surface area contributed by atoms with Crippen molar-refractivity contribution in [2.45, 2.75) is 38.1 Å². The van der Waals surface area contributed by atoms with Crippen LogP contribution in [0, 0.1) is 5.82 Å². The standard InChI is InChI=1S/C19H28FN3O/c1-21(17-5-3-2-4-6-17)19(24)15-22-11-13-23(14-12-22)18-9-7-16(20)8-10-18/h7-10,17H,2-6,11-15H2,1H3. The summed E-state index contributed by atoms with van der Waals surface area (Å²) in [5, 5.41) is 0. The normalized spacial score (nSPS) is 20.2. The van der Waals surface area contributed by atoms with Crippen molar-refractivity contribution in [3.8, 4) is 0 Å². The Balaban J connectivity index is 1.46. The molecule has 1 aromatic rings. The fourth-order valence-electron chi connectivity index (χ4n) is 3.79. The second-order valence-electron chi connectivity index (χ2n) is 7.04. The molecule has 132 valence electrons. The molecule has 0 aromatic heterocycles. The zero-order valence-corrected chi connectivity index (χ0v) is 14.6. The van der Waals surface area contributed by atoms with Gasteiger partial charge in [0.15, 0.2) is 0 Å². The van der Waals surface area contributed by atoms with Gasteiger partial charge in [0.05, 0.1) is 6.54 Å². The number of likely N-dealkylation sites (N-methyl/N-ethyl adjacent to an activating group) is 1. The third-order valence-electron chi connectivity index (χ3n) is 5.44. The SMILES string of the molecule is CN(C(=O)CN1CCN(c2ccc(F)cc2)CC1)C1CCCCC1. The zero-order chi connectivity index (χ0) is 16.9. The van der Waals surface area contributed by atoms with E-state index in [9.17, 15) is 9.18 Å². The maximum Gasteiger partial charge on any atom is 0.236 e. The van der Waals surface area contributed by atoms with E-state index in [1.54, 1.807) is 0 Å². The summed E-state index contributed by atoms with van der Waals surface area (Å²) in [6.07, 6.45) is 6.11. The van der Waals surface area contributed by atoms with E-state index in [-0.39, 0.29) is 11.7 Å². The van der Waals surface area contributed by atoms with Gasteiger partial charge in [-0.1, -0.05) is 19.3 Å². The van der Waals surface area contributed by atoms with Gasteiger partial charge in [-0.2, -0.15) is 0 Å². The number of nitrogens with zero attached hydrogens (tertiary/aromatic N) is 3. The molecule has 1 amide bonds. The highest BCUT2D eigenvalue weighted by Gasteiger charge is 2.25. The van der Waals surface area contributed by atoms with E-state index in [0.29, 0.717) is 12.6 Å². The van der Waals surface area contributed by atoms with Crippen LogP contribution in [0.5, 0.6) is 0 Å². The first-order chi connectivity index (χ1) is 11.6. The minimum absolute atomic E-state index is 0.200. The summed E-state index contributed by atoms with van der Waals surface area (Å²) >= 11 is 0. The summed E-state index contributed by atoms with van der Waals surface area (Å²) in [7, 11) is 1.97. The first-order valence-corrected chi connectivity index (χ1v) is 9.12. The van der Waals surface area contributed by atoms with E-state index in [0.717, 1.165) is 44.7 Å². The van der Waals surface area contributed by atoms with Crippen molar-refractivity contribution < 1.29 is 9.18 Å². The highest BCUT2D eigenvalue weighted by molar-refractivity contribution is 5.78. The fraction of sp³-hybridized carbons (Fsp3) is 0.632. The van der Waals surface area contributed by atoms with Crippen LogP contribution in [0.2, 0.25) is 0 Å². The fourth-order valence-corrected chi connectivity index (χ4v) is 3.79. The summed E-state index contributed by atoms with van der Waals surface area (Å²) in [6, 6.07) is 7.10. The average molecular weight is 333 g/mol. The number of halogens is 1. The van der Waals surface area contributed by atoms with Crippen LogP contribution < -0.4 is 4.90 Å². The highest BCUT2D eigenvalue weighted by Crippen LogP contribution is 2.22. The molecular weight excluding hydrogens is 305 g/mol. The second-order valence-corrected chi connectivity index (χ2v) is 7.04. The maximum absolute atomic E-state index is 13.0. The van der Waals surface area contributed by atoms with Crippen LogP contribution in [-0.4, -0.2) is 61.5 Å². The molecule has 2 fully saturated rings. The first-order valence-electron chi connectivity index (χ1n) is 9.12. The largest absolute Gasteiger partial charge is 0.369 e. The van der Waals surface area contributed by atoms with Gasteiger partial charge in [0, 0.05) is 45.0 Å². The Hall–Kier alpha value is -1.62. The lowest BCUT2D eigenvalue weighted by Gasteiger charge is -2.37. The molecule has 1 aromatic carbocycles. The van der Waals surface area contributed by atoms with Crippen molar-refractivity contribution in [1.82, 2.24) is 9.80 Å². The van der Waals surface area contributed by atoms with Gasteiger partial charge in [0.25, 0.3) is 0 Å². The first kappa shape index (κ1) is 17.2. The predicted molar refractivity (Wildman–Crippen MR) is 94.7 cm³/mol. The summed E-state index contributed by atoms with van der Waals surface area (Å²) in [5.74, 6) is 0.0471. The molecule has 1 saturated heterocycles. The van der Waals surface area contributed by atoms with E-state index in [1.807, 2.05) is 24.1 Å². The molecule has 0 bridgehead atoms. The Morgan fingerprint density at radius 3 is 2.33 bits per heavy atom. The van der Waals surface area contributed by atoms with Crippen LogP contribution in [0.1, 0.15) is 32.1 Å². The average Bonchev–Trinajstić information content (AvgIpc) is 2.63.